The first-order valence-electron chi connectivity index (χ1n) is 5.84. The number of nitrogens with zero attached hydrogens (tertiary/aromatic N) is 2. The van der Waals surface area contributed by atoms with Gasteiger partial charge in [-0.1, -0.05) is 13.8 Å². The van der Waals surface area contributed by atoms with E-state index in [0.29, 0.717) is 30.1 Å². The molecule has 1 aromatic heterocycles. The standard InChI is InChI=1S/C12H19N3O/c1-7(2)6-16-12-8(3)10(13)14-11(15-12)9-4-5-9/h7,9H,4-6H2,1-3H3,(H2,13,14,15). The molecule has 1 fully saturated rings. The highest BCUT2D eigenvalue weighted by atomic mass is 16.5. The van der Waals surface area contributed by atoms with Gasteiger partial charge in [-0.05, 0) is 25.7 Å². The van der Waals surface area contributed by atoms with E-state index in [1.807, 2.05) is 6.92 Å². The smallest absolute Gasteiger partial charge is 0.221 e. The van der Waals surface area contributed by atoms with Crippen molar-refractivity contribution in [1.82, 2.24) is 9.97 Å². The van der Waals surface area contributed by atoms with Gasteiger partial charge in [0, 0.05) is 5.92 Å². The van der Waals surface area contributed by atoms with Gasteiger partial charge >= 0.3 is 0 Å². The molecule has 1 heterocycles. The molecule has 1 aliphatic rings. The number of ether oxygens (including phenoxy) is 1. The minimum Gasteiger partial charge on any atom is -0.477 e. The van der Waals surface area contributed by atoms with E-state index in [1.54, 1.807) is 0 Å². The zero-order valence-corrected chi connectivity index (χ0v) is 10.2. The van der Waals surface area contributed by atoms with Crippen molar-refractivity contribution in [3.05, 3.63) is 11.4 Å². The van der Waals surface area contributed by atoms with Gasteiger partial charge in [0.2, 0.25) is 5.88 Å². The van der Waals surface area contributed by atoms with Crippen molar-refractivity contribution in [1.29, 1.82) is 0 Å². The summed E-state index contributed by atoms with van der Waals surface area (Å²) in [6.07, 6.45) is 2.35. The Morgan fingerprint density at radius 1 is 1.38 bits per heavy atom. The topological polar surface area (TPSA) is 61.0 Å². The van der Waals surface area contributed by atoms with Crippen LogP contribution in [0.5, 0.6) is 5.88 Å². The van der Waals surface area contributed by atoms with Crippen LogP contribution in [-0.2, 0) is 0 Å². The number of hydrogen-bond acceptors (Lipinski definition) is 4. The second-order valence-corrected chi connectivity index (χ2v) is 4.88. The first-order chi connectivity index (χ1) is 7.58. The van der Waals surface area contributed by atoms with Gasteiger partial charge in [-0.2, -0.15) is 4.98 Å². The van der Waals surface area contributed by atoms with Crippen LogP contribution in [0.15, 0.2) is 0 Å². The lowest BCUT2D eigenvalue weighted by Crippen LogP contribution is -2.10. The number of anilines is 1. The predicted molar refractivity (Wildman–Crippen MR) is 63.5 cm³/mol. The number of aromatic nitrogens is 2. The molecule has 0 saturated heterocycles. The van der Waals surface area contributed by atoms with E-state index < -0.39 is 0 Å². The Balaban J connectivity index is 2.20. The quantitative estimate of drug-likeness (QED) is 0.847. The molecule has 0 aromatic carbocycles. The Morgan fingerprint density at radius 2 is 2.06 bits per heavy atom. The largest absolute Gasteiger partial charge is 0.477 e. The van der Waals surface area contributed by atoms with Crippen molar-refractivity contribution in [2.24, 2.45) is 5.92 Å². The maximum absolute atomic E-state index is 5.86. The van der Waals surface area contributed by atoms with Crippen molar-refractivity contribution in [2.45, 2.75) is 39.5 Å². The molecule has 0 bridgehead atoms. The highest BCUT2D eigenvalue weighted by molar-refractivity contribution is 5.45. The number of hydrogen-bond donors (Lipinski definition) is 1. The summed E-state index contributed by atoms with van der Waals surface area (Å²) in [5.74, 6) is 3.05. The zero-order valence-electron chi connectivity index (χ0n) is 10.2. The normalized spacial score (nSPS) is 15.5. The number of nitrogens with two attached hydrogens (primary N) is 1. The van der Waals surface area contributed by atoms with E-state index in [2.05, 4.69) is 23.8 Å². The summed E-state index contributed by atoms with van der Waals surface area (Å²) in [5, 5.41) is 0. The lowest BCUT2D eigenvalue weighted by molar-refractivity contribution is 0.258. The first kappa shape index (κ1) is 11.2. The molecular formula is C12H19N3O. The van der Waals surface area contributed by atoms with Crippen LogP contribution in [0.3, 0.4) is 0 Å². The summed E-state index contributed by atoms with van der Waals surface area (Å²) in [4.78, 5) is 8.76. The summed E-state index contributed by atoms with van der Waals surface area (Å²) in [6.45, 7) is 6.80. The van der Waals surface area contributed by atoms with Crippen LogP contribution in [-0.4, -0.2) is 16.6 Å². The fourth-order valence-corrected chi connectivity index (χ4v) is 1.44. The second kappa shape index (κ2) is 4.28. The van der Waals surface area contributed by atoms with E-state index in [1.165, 1.54) is 12.8 Å². The molecule has 16 heavy (non-hydrogen) atoms. The summed E-state index contributed by atoms with van der Waals surface area (Å²) in [7, 11) is 0. The molecule has 0 unspecified atom stereocenters. The third-order valence-corrected chi connectivity index (χ3v) is 2.65. The van der Waals surface area contributed by atoms with E-state index in [0.717, 1.165) is 11.4 Å². The van der Waals surface area contributed by atoms with Crippen molar-refractivity contribution in [2.75, 3.05) is 12.3 Å². The maximum Gasteiger partial charge on any atom is 0.221 e. The fourth-order valence-electron chi connectivity index (χ4n) is 1.44. The fraction of sp³-hybridized carbons (Fsp3) is 0.667. The monoisotopic (exact) mass is 221 g/mol. The predicted octanol–water partition coefficient (Wildman–Crippen LogP) is 2.28. The molecule has 88 valence electrons. The van der Waals surface area contributed by atoms with Gasteiger partial charge in [0.25, 0.3) is 0 Å². The first-order valence-corrected chi connectivity index (χ1v) is 5.84. The van der Waals surface area contributed by atoms with Gasteiger partial charge in [0.05, 0.1) is 12.2 Å². The Bertz CT molecular complexity index is 386. The minimum atomic E-state index is 0.486. The Morgan fingerprint density at radius 3 is 2.62 bits per heavy atom. The Hall–Kier alpha value is -1.32. The Kier molecular flexibility index (Phi) is 2.99. The summed E-state index contributed by atoms with van der Waals surface area (Å²) < 4.78 is 5.67. The lowest BCUT2D eigenvalue weighted by atomic mass is 10.2. The molecule has 0 radical (unpaired) electrons. The van der Waals surface area contributed by atoms with Crippen molar-refractivity contribution in [3.63, 3.8) is 0 Å². The zero-order chi connectivity index (χ0) is 11.7. The van der Waals surface area contributed by atoms with Gasteiger partial charge in [-0.15, -0.1) is 0 Å². The molecule has 2 N–H and O–H groups in total. The SMILES string of the molecule is Cc1c(N)nc(C2CC2)nc1OCC(C)C. The number of nitrogen functional groups attached to an aromatic ring is 1. The van der Waals surface area contributed by atoms with E-state index >= 15 is 0 Å². The summed E-state index contributed by atoms with van der Waals surface area (Å²) in [6, 6.07) is 0. The molecule has 0 atom stereocenters. The van der Waals surface area contributed by atoms with Gasteiger partial charge < -0.3 is 10.5 Å². The average molecular weight is 221 g/mol. The molecule has 1 saturated carbocycles. The molecule has 0 aliphatic heterocycles. The Labute approximate surface area is 96.2 Å². The molecule has 0 amide bonds. The summed E-state index contributed by atoms with van der Waals surface area (Å²) >= 11 is 0. The third-order valence-electron chi connectivity index (χ3n) is 2.65. The van der Waals surface area contributed by atoms with Crippen LogP contribution in [0.4, 0.5) is 5.82 Å². The molecule has 1 aliphatic carbocycles. The summed E-state index contributed by atoms with van der Waals surface area (Å²) in [5.41, 5.74) is 6.71. The average Bonchev–Trinajstić information content (AvgIpc) is 3.03. The van der Waals surface area contributed by atoms with Gasteiger partial charge in [0.1, 0.15) is 11.6 Å². The van der Waals surface area contributed by atoms with Crippen molar-refractivity contribution >= 4 is 5.82 Å². The highest BCUT2D eigenvalue weighted by Gasteiger charge is 2.28. The molecule has 1 aromatic rings. The van der Waals surface area contributed by atoms with Crippen LogP contribution in [0, 0.1) is 12.8 Å². The molecule has 0 spiro atoms. The molecule has 2 rings (SSSR count). The van der Waals surface area contributed by atoms with E-state index in [9.17, 15) is 0 Å². The third kappa shape index (κ3) is 2.43. The van der Waals surface area contributed by atoms with E-state index in [-0.39, 0.29) is 0 Å². The molecule has 4 heteroatoms. The van der Waals surface area contributed by atoms with Crippen LogP contribution in [0.25, 0.3) is 0 Å². The molecule has 4 nitrogen and oxygen atoms in total. The maximum atomic E-state index is 5.86. The van der Waals surface area contributed by atoms with Crippen molar-refractivity contribution in [3.8, 4) is 5.88 Å². The van der Waals surface area contributed by atoms with Gasteiger partial charge in [-0.25, -0.2) is 4.98 Å². The van der Waals surface area contributed by atoms with Crippen LogP contribution in [0.2, 0.25) is 0 Å². The van der Waals surface area contributed by atoms with Gasteiger partial charge in [0.15, 0.2) is 0 Å². The van der Waals surface area contributed by atoms with Gasteiger partial charge in [-0.3, -0.25) is 0 Å². The minimum absolute atomic E-state index is 0.486. The molecular weight excluding hydrogens is 202 g/mol. The second-order valence-electron chi connectivity index (χ2n) is 4.88. The van der Waals surface area contributed by atoms with Crippen molar-refractivity contribution < 1.29 is 4.74 Å². The van der Waals surface area contributed by atoms with Crippen LogP contribution < -0.4 is 10.5 Å². The number of rotatable bonds is 4. The highest BCUT2D eigenvalue weighted by Crippen LogP contribution is 2.39. The lowest BCUT2D eigenvalue weighted by Gasteiger charge is -2.12. The van der Waals surface area contributed by atoms with Crippen LogP contribution >= 0.6 is 0 Å². The van der Waals surface area contributed by atoms with E-state index in [4.69, 9.17) is 10.5 Å². The van der Waals surface area contributed by atoms with Crippen LogP contribution in [0.1, 0.15) is 44.0 Å².